The number of thiophene rings is 1. The van der Waals surface area contributed by atoms with Crippen LogP contribution in [-0.2, 0) is 11.3 Å². The van der Waals surface area contributed by atoms with Crippen LogP contribution in [-0.4, -0.2) is 24.8 Å². The lowest BCUT2D eigenvalue weighted by Crippen LogP contribution is -2.73. The highest BCUT2D eigenvalue weighted by atomic mass is 79.9. The van der Waals surface area contributed by atoms with Gasteiger partial charge in [-0.25, -0.2) is 0 Å². The van der Waals surface area contributed by atoms with Gasteiger partial charge in [0.15, 0.2) is 0 Å². The molecule has 2 atom stereocenters. The van der Waals surface area contributed by atoms with E-state index in [0.717, 1.165) is 26.1 Å². The summed E-state index contributed by atoms with van der Waals surface area (Å²) in [6.07, 6.45) is 1.23. The number of halogens is 1. The van der Waals surface area contributed by atoms with Gasteiger partial charge in [-0.15, -0.1) is 11.3 Å². The summed E-state index contributed by atoms with van der Waals surface area (Å²) in [5.74, 6) is 0. The van der Waals surface area contributed by atoms with Gasteiger partial charge in [0.1, 0.15) is 0 Å². The maximum atomic E-state index is 6.52. The Labute approximate surface area is 128 Å². The molecular weight excluding hydrogens is 324 g/mol. The highest BCUT2D eigenvalue weighted by Crippen LogP contribution is 2.49. The molecule has 1 fully saturated rings. The van der Waals surface area contributed by atoms with Crippen molar-refractivity contribution in [2.75, 3.05) is 13.2 Å². The van der Waals surface area contributed by atoms with E-state index in [1.54, 1.807) is 11.3 Å². The van der Waals surface area contributed by atoms with E-state index < -0.39 is 0 Å². The second kappa shape index (κ2) is 5.82. The fourth-order valence-corrected chi connectivity index (χ4v) is 4.12. The summed E-state index contributed by atoms with van der Waals surface area (Å²) in [6.45, 7) is 8.94. The summed E-state index contributed by atoms with van der Waals surface area (Å²) in [4.78, 5) is 1.33. The molecule has 5 heteroatoms. The number of nitrogens with one attached hydrogen (secondary N) is 1. The quantitative estimate of drug-likeness (QED) is 0.831. The minimum atomic E-state index is -0.165. The largest absolute Gasteiger partial charge is 0.378 e. The second-order valence-electron chi connectivity index (χ2n) is 5.84. The topological polar surface area (TPSA) is 47.3 Å². The Morgan fingerprint density at radius 1 is 1.53 bits per heavy atom. The maximum Gasteiger partial charge on any atom is 0.0701 e. The monoisotopic (exact) mass is 346 g/mol. The Morgan fingerprint density at radius 2 is 2.26 bits per heavy atom. The molecule has 3 nitrogen and oxygen atoms in total. The molecule has 2 unspecified atom stereocenters. The Balaban J connectivity index is 1.83. The van der Waals surface area contributed by atoms with Crippen LogP contribution in [0.15, 0.2) is 15.9 Å². The van der Waals surface area contributed by atoms with Crippen LogP contribution in [0.25, 0.3) is 0 Å². The van der Waals surface area contributed by atoms with Gasteiger partial charge in [0.05, 0.1) is 9.89 Å². The SMILES string of the molecule is CCOC1CC(N)(CNCc2ccc(Br)s2)C1(C)C. The Morgan fingerprint density at radius 3 is 2.79 bits per heavy atom. The maximum absolute atomic E-state index is 6.52. The van der Waals surface area contributed by atoms with E-state index in [4.69, 9.17) is 10.5 Å². The van der Waals surface area contributed by atoms with Gasteiger partial charge in [-0.3, -0.25) is 0 Å². The molecule has 0 aromatic carbocycles. The van der Waals surface area contributed by atoms with Crippen molar-refractivity contribution in [2.24, 2.45) is 11.1 Å². The molecule has 0 amide bonds. The van der Waals surface area contributed by atoms with Crippen LogP contribution in [0.4, 0.5) is 0 Å². The zero-order valence-corrected chi connectivity index (χ0v) is 14.2. The average molecular weight is 347 g/mol. The lowest BCUT2D eigenvalue weighted by molar-refractivity contribution is -0.148. The first-order chi connectivity index (χ1) is 8.89. The first-order valence-corrected chi connectivity index (χ1v) is 8.35. The summed E-state index contributed by atoms with van der Waals surface area (Å²) in [5, 5.41) is 3.48. The minimum Gasteiger partial charge on any atom is -0.378 e. The molecule has 1 aromatic rings. The molecule has 19 heavy (non-hydrogen) atoms. The third-order valence-corrected chi connectivity index (χ3v) is 6.00. The molecular formula is C14H23BrN2OS. The van der Waals surface area contributed by atoms with Crippen LogP contribution < -0.4 is 11.1 Å². The van der Waals surface area contributed by atoms with Crippen molar-refractivity contribution in [1.82, 2.24) is 5.32 Å². The molecule has 1 aromatic heterocycles. The predicted molar refractivity (Wildman–Crippen MR) is 84.5 cm³/mol. The van der Waals surface area contributed by atoms with Crippen molar-refractivity contribution in [2.45, 2.75) is 45.4 Å². The molecule has 0 spiro atoms. The molecule has 1 heterocycles. The van der Waals surface area contributed by atoms with Gasteiger partial charge in [0, 0.05) is 35.5 Å². The van der Waals surface area contributed by atoms with Gasteiger partial charge >= 0.3 is 0 Å². The fraction of sp³-hybridized carbons (Fsp3) is 0.714. The predicted octanol–water partition coefficient (Wildman–Crippen LogP) is 3.13. The van der Waals surface area contributed by atoms with Gasteiger partial charge in [0.2, 0.25) is 0 Å². The van der Waals surface area contributed by atoms with E-state index in [-0.39, 0.29) is 11.0 Å². The summed E-state index contributed by atoms with van der Waals surface area (Å²) in [7, 11) is 0. The van der Waals surface area contributed by atoms with Crippen molar-refractivity contribution in [3.8, 4) is 0 Å². The summed E-state index contributed by atoms with van der Waals surface area (Å²) in [6, 6.07) is 4.22. The summed E-state index contributed by atoms with van der Waals surface area (Å²) in [5.41, 5.74) is 6.39. The van der Waals surface area contributed by atoms with Crippen molar-refractivity contribution in [3.63, 3.8) is 0 Å². The highest BCUT2D eigenvalue weighted by Gasteiger charge is 2.58. The lowest BCUT2D eigenvalue weighted by atomic mass is 9.54. The van der Waals surface area contributed by atoms with Crippen LogP contribution >= 0.6 is 27.3 Å². The van der Waals surface area contributed by atoms with E-state index in [1.165, 1.54) is 8.66 Å². The molecule has 0 saturated heterocycles. The zero-order valence-electron chi connectivity index (χ0n) is 11.8. The van der Waals surface area contributed by atoms with E-state index in [0.29, 0.717) is 6.10 Å². The molecule has 0 aliphatic heterocycles. The number of hydrogen-bond donors (Lipinski definition) is 2. The Kier molecular flexibility index (Phi) is 4.73. The third-order valence-electron chi connectivity index (χ3n) is 4.37. The summed E-state index contributed by atoms with van der Waals surface area (Å²) < 4.78 is 6.92. The second-order valence-corrected chi connectivity index (χ2v) is 8.38. The van der Waals surface area contributed by atoms with Gasteiger partial charge in [-0.05, 0) is 41.4 Å². The van der Waals surface area contributed by atoms with Gasteiger partial charge < -0.3 is 15.8 Å². The van der Waals surface area contributed by atoms with Crippen LogP contribution in [0.1, 0.15) is 32.1 Å². The van der Waals surface area contributed by atoms with E-state index >= 15 is 0 Å². The first kappa shape index (κ1) is 15.4. The molecule has 1 aliphatic carbocycles. The van der Waals surface area contributed by atoms with Crippen LogP contribution in [0, 0.1) is 5.41 Å². The van der Waals surface area contributed by atoms with Crippen molar-refractivity contribution < 1.29 is 4.74 Å². The van der Waals surface area contributed by atoms with Crippen LogP contribution in [0.3, 0.4) is 0 Å². The minimum absolute atomic E-state index is 0.0338. The van der Waals surface area contributed by atoms with E-state index in [9.17, 15) is 0 Å². The normalized spacial score (nSPS) is 29.2. The molecule has 1 saturated carbocycles. The van der Waals surface area contributed by atoms with Crippen molar-refractivity contribution in [1.29, 1.82) is 0 Å². The van der Waals surface area contributed by atoms with Gasteiger partial charge in [-0.2, -0.15) is 0 Å². The number of ether oxygens (including phenoxy) is 1. The fourth-order valence-electron chi connectivity index (χ4n) is 2.66. The molecule has 2 rings (SSSR count). The van der Waals surface area contributed by atoms with Crippen molar-refractivity contribution >= 4 is 27.3 Å². The lowest BCUT2D eigenvalue weighted by Gasteiger charge is -2.59. The van der Waals surface area contributed by atoms with Gasteiger partial charge in [0.25, 0.3) is 0 Å². The number of hydrogen-bond acceptors (Lipinski definition) is 4. The molecule has 0 bridgehead atoms. The van der Waals surface area contributed by atoms with Crippen LogP contribution in [0.2, 0.25) is 0 Å². The Hall–Kier alpha value is 0.0600. The van der Waals surface area contributed by atoms with Crippen LogP contribution in [0.5, 0.6) is 0 Å². The van der Waals surface area contributed by atoms with E-state index in [1.807, 2.05) is 6.92 Å². The Bertz CT molecular complexity index is 435. The zero-order chi connectivity index (χ0) is 14.1. The third kappa shape index (κ3) is 3.05. The first-order valence-electron chi connectivity index (χ1n) is 6.74. The standard InChI is InChI=1S/C14H23BrN2OS/c1-4-18-11-7-14(16,13(11,2)3)9-17-8-10-5-6-12(15)19-10/h5-6,11,17H,4,7-9,16H2,1-3H3. The summed E-state index contributed by atoms with van der Waals surface area (Å²) >= 11 is 5.24. The average Bonchev–Trinajstić information content (AvgIpc) is 2.75. The van der Waals surface area contributed by atoms with Crippen molar-refractivity contribution in [3.05, 3.63) is 20.8 Å². The highest BCUT2D eigenvalue weighted by molar-refractivity contribution is 9.11. The number of rotatable bonds is 6. The smallest absolute Gasteiger partial charge is 0.0701 e. The van der Waals surface area contributed by atoms with Gasteiger partial charge in [-0.1, -0.05) is 13.8 Å². The molecule has 3 N–H and O–H groups in total. The molecule has 108 valence electrons. The molecule has 1 aliphatic rings. The number of nitrogens with two attached hydrogens (primary N) is 1. The van der Waals surface area contributed by atoms with E-state index in [2.05, 4.69) is 47.2 Å². The molecule has 0 radical (unpaired) electrons.